The lowest BCUT2D eigenvalue weighted by Crippen LogP contribution is -2.57. The normalized spacial score (nSPS) is 26.9. The number of thiophene rings is 1. The van der Waals surface area contributed by atoms with Gasteiger partial charge in [0.25, 0.3) is 0 Å². The van der Waals surface area contributed by atoms with E-state index in [-0.39, 0.29) is 18.2 Å². The summed E-state index contributed by atoms with van der Waals surface area (Å²) in [6.45, 7) is 0. The number of hydrogen-bond donors (Lipinski definition) is 1. The standard InChI is InChI=1S/C25H22N2O4S/c1-31-24(30)25(15-16-9-4-2-5-10-16)20-19(21(26-25)18-13-8-14-32-18)22(28)27(23(20)29)17-11-6-3-7-12-17/h2-14,19-21,26H,15H2,1H3/t19-,20+,21+,25+/m0/s1. The Hall–Kier alpha value is -3.29. The highest BCUT2D eigenvalue weighted by molar-refractivity contribution is 7.10. The molecule has 0 saturated carbocycles. The Labute approximate surface area is 189 Å². The predicted octanol–water partition coefficient (Wildman–Crippen LogP) is 3.35. The smallest absolute Gasteiger partial charge is 0.327 e. The van der Waals surface area contributed by atoms with Crippen LogP contribution in [0.2, 0.25) is 0 Å². The van der Waals surface area contributed by atoms with Gasteiger partial charge >= 0.3 is 5.97 Å². The lowest BCUT2D eigenvalue weighted by atomic mass is 9.76. The fraction of sp³-hybridized carbons (Fsp3) is 0.240. The number of methoxy groups -OCH3 is 1. The number of amides is 2. The van der Waals surface area contributed by atoms with Crippen LogP contribution < -0.4 is 10.2 Å². The second-order valence-corrected chi connectivity index (χ2v) is 9.09. The molecule has 2 amide bonds. The molecule has 0 radical (unpaired) electrons. The first-order valence-electron chi connectivity index (χ1n) is 10.4. The first kappa shape index (κ1) is 20.6. The molecule has 0 unspecified atom stereocenters. The minimum absolute atomic E-state index is 0.241. The van der Waals surface area contributed by atoms with Crippen molar-refractivity contribution in [2.75, 3.05) is 12.0 Å². The van der Waals surface area contributed by atoms with Gasteiger partial charge in [0, 0.05) is 11.3 Å². The lowest BCUT2D eigenvalue weighted by Gasteiger charge is -2.32. The number of para-hydroxylation sites is 1. The third kappa shape index (κ3) is 3.08. The average Bonchev–Trinajstić information content (AvgIpc) is 3.52. The van der Waals surface area contributed by atoms with Crippen LogP contribution in [-0.4, -0.2) is 30.4 Å². The summed E-state index contributed by atoms with van der Waals surface area (Å²) in [7, 11) is 1.32. The van der Waals surface area contributed by atoms with E-state index in [1.165, 1.54) is 23.3 Å². The number of anilines is 1. The molecule has 6 nitrogen and oxygen atoms in total. The molecule has 2 fully saturated rings. The van der Waals surface area contributed by atoms with Crippen molar-refractivity contribution in [2.24, 2.45) is 11.8 Å². The molecule has 0 bridgehead atoms. The highest BCUT2D eigenvalue weighted by Gasteiger charge is 2.69. The fourth-order valence-electron chi connectivity index (χ4n) is 5.07. The molecule has 2 aliphatic rings. The summed E-state index contributed by atoms with van der Waals surface area (Å²) in [4.78, 5) is 42.9. The van der Waals surface area contributed by atoms with Crippen LogP contribution in [0.1, 0.15) is 16.5 Å². The van der Waals surface area contributed by atoms with Gasteiger partial charge in [-0.15, -0.1) is 11.3 Å². The van der Waals surface area contributed by atoms with Crippen molar-refractivity contribution in [3.05, 3.63) is 88.6 Å². The highest BCUT2D eigenvalue weighted by atomic mass is 32.1. The Kier molecular flexibility index (Phi) is 5.15. The van der Waals surface area contributed by atoms with Gasteiger partial charge in [0.05, 0.1) is 30.7 Å². The Bertz CT molecular complexity index is 1150. The number of fused-ring (bicyclic) bond motifs is 1. The molecule has 2 aromatic carbocycles. The van der Waals surface area contributed by atoms with E-state index >= 15 is 0 Å². The number of nitrogens with zero attached hydrogens (tertiary/aromatic N) is 1. The first-order chi connectivity index (χ1) is 15.6. The van der Waals surface area contributed by atoms with E-state index in [0.29, 0.717) is 5.69 Å². The summed E-state index contributed by atoms with van der Waals surface area (Å²) in [6, 6.07) is 21.8. The number of esters is 1. The summed E-state index contributed by atoms with van der Waals surface area (Å²) >= 11 is 1.50. The second-order valence-electron chi connectivity index (χ2n) is 8.11. The maximum atomic E-state index is 13.8. The number of ether oxygens (including phenoxy) is 1. The van der Waals surface area contributed by atoms with Gasteiger partial charge in [-0.2, -0.15) is 0 Å². The molecule has 7 heteroatoms. The van der Waals surface area contributed by atoms with Crippen molar-refractivity contribution in [1.29, 1.82) is 0 Å². The molecular formula is C25H22N2O4S. The number of nitrogens with one attached hydrogen (secondary N) is 1. The summed E-state index contributed by atoms with van der Waals surface area (Å²) in [5.41, 5.74) is 0.0424. The van der Waals surface area contributed by atoms with Gasteiger partial charge in [-0.1, -0.05) is 54.6 Å². The van der Waals surface area contributed by atoms with Crippen LogP contribution >= 0.6 is 11.3 Å². The van der Waals surface area contributed by atoms with Crippen molar-refractivity contribution in [3.8, 4) is 0 Å². The zero-order chi connectivity index (χ0) is 22.3. The number of carbonyl (C=O) groups excluding carboxylic acids is 3. The molecule has 3 aromatic rings. The summed E-state index contributed by atoms with van der Waals surface area (Å²) in [5.74, 6) is -2.79. The van der Waals surface area contributed by atoms with E-state index in [1.54, 1.807) is 24.3 Å². The maximum absolute atomic E-state index is 13.8. The van der Waals surface area contributed by atoms with Gasteiger partial charge in [0.15, 0.2) is 0 Å². The molecule has 0 spiro atoms. The Morgan fingerprint density at radius 2 is 1.69 bits per heavy atom. The molecule has 5 rings (SSSR count). The Morgan fingerprint density at radius 3 is 2.31 bits per heavy atom. The number of benzene rings is 2. The van der Waals surface area contributed by atoms with Gasteiger partial charge in [-0.05, 0) is 29.1 Å². The fourth-order valence-corrected chi connectivity index (χ4v) is 5.89. The molecule has 1 N–H and O–H groups in total. The van der Waals surface area contributed by atoms with Crippen LogP contribution in [0, 0.1) is 11.8 Å². The van der Waals surface area contributed by atoms with Crippen molar-refractivity contribution in [2.45, 2.75) is 18.0 Å². The van der Waals surface area contributed by atoms with Crippen molar-refractivity contribution >= 4 is 34.8 Å². The van der Waals surface area contributed by atoms with E-state index in [0.717, 1.165) is 10.4 Å². The number of rotatable bonds is 5. The third-order valence-corrected chi connectivity index (χ3v) is 7.35. The van der Waals surface area contributed by atoms with Crippen LogP contribution in [0.3, 0.4) is 0 Å². The van der Waals surface area contributed by atoms with Crippen LogP contribution in [0.5, 0.6) is 0 Å². The molecule has 2 saturated heterocycles. The first-order valence-corrected chi connectivity index (χ1v) is 11.3. The molecule has 32 heavy (non-hydrogen) atoms. The van der Waals surface area contributed by atoms with E-state index in [2.05, 4.69) is 5.32 Å². The van der Waals surface area contributed by atoms with E-state index in [4.69, 9.17) is 4.74 Å². The van der Waals surface area contributed by atoms with Crippen molar-refractivity contribution in [1.82, 2.24) is 5.32 Å². The van der Waals surface area contributed by atoms with E-state index < -0.39 is 29.4 Å². The quantitative estimate of drug-likeness (QED) is 0.481. The molecular weight excluding hydrogens is 424 g/mol. The molecule has 3 heterocycles. The predicted molar refractivity (Wildman–Crippen MR) is 121 cm³/mol. The van der Waals surface area contributed by atoms with Crippen LogP contribution in [-0.2, 0) is 25.5 Å². The van der Waals surface area contributed by atoms with Crippen LogP contribution in [0.25, 0.3) is 0 Å². The highest BCUT2D eigenvalue weighted by Crippen LogP contribution is 2.51. The van der Waals surface area contributed by atoms with Crippen molar-refractivity contribution < 1.29 is 19.1 Å². The second kappa shape index (κ2) is 8.00. The zero-order valence-electron chi connectivity index (χ0n) is 17.4. The SMILES string of the molecule is COC(=O)[C@]1(Cc2ccccc2)N[C@H](c2cccs2)[C@H]2C(=O)N(c3ccccc3)C(=O)[C@@H]21. The van der Waals surface area contributed by atoms with Crippen LogP contribution in [0.15, 0.2) is 78.2 Å². The maximum Gasteiger partial charge on any atom is 0.327 e. The zero-order valence-corrected chi connectivity index (χ0v) is 18.2. The monoisotopic (exact) mass is 446 g/mol. The summed E-state index contributed by atoms with van der Waals surface area (Å²) in [6.07, 6.45) is 0.241. The average molecular weight is 447 g/mol. The number of carbonyl (C=O) groups is 3. The Morgan fingerprint density at radius 1 is 1.00 bits per heavy atom. The topological polar surface area (TPSA) is 75.7 Å². The molecule has 162 valence electrons. The number of imide groups is 1. The minimum atomic E-state index is -1.36. The molecule has 0 aliphatic carbocycles. The molecule has 1 aromatic heterocycles. The van der Waals surface area contributed by atoms with Gasteiger partial charge < -0.3 is 4.74 Å². The molecule has 4 atom stereocenters. The largest absolute Gasteiger partial charge is 0.468 e. The van der Waals surface area contributed by atoms with Gasteiger partial charge in [-0.3, -0.25) is 19.7 Å². The van der Waals surface area contributed by atoms with Gasteiger partial charge in [-0.25, -0.2) is 4.90 Å². The lowest BCUT2D eigenvalue weighted by molar-refractivity contribution is -0.152. The van der Waals surface area contributed by atoms with Crippen LogP contribution in [0.4, 0.5) is 5.69 Å². The number of hydrogen-bond acceptors (Lipinski definition) is 6. The third-order valence-electron chi connectivity index (χ3n) is 6.39. The van der Waals surface area contributed by atoms with E-state index in [1.807, 2.05) is 53.9 Å². The van der Waals surface area contributed by atoms with E-state index in [9.17, 15) is 14.4 Å². The summed E-state index contributed by atoms with van der Waals surface area (Å²) in [5, 5.41) is 5.34. The molecule has 2 aliphatic heterocycles. The van der Waals surface area contributed by atoms with Gasteiger partial charge in [0.1, 0.15) is 5.54 Å². The summed E-state index contributed by atoms with van der Waals surface area (Å²) < 4.78 is 5.23. The Balaban J connectivity index is 1.66. The van der Waals surface area contributed by atoms with Crippen molar-refractivity contribution in [3.63, 3.8) is 0 Å². The van der Waals surface area contributed by atoms with Gasteiger partial charge in [0.2, 0.25) is 11.8 Å². The minimum Gasteiger partial charge on any atom is -0.468 e.